The molecule has 45 heavy (non-hydrogen) atoms. The first-order valence-corrected chi connectivity index (χ1v) is 19.7. The molecular formula is C35H52FN3O4S2. The lowest BCUT2D eigenvalue weighted by Crippen LogP contribution is -2.39. The molecule has 1 aromatic carbocycles. The molecule has 2 fully saturated rings. The number of hydrogen-bond donors (Lipinski definition) is 2. The van der Waals surface area contributed by atoms with E-state index in [0.29, 0.717) is 35.7 Å². The zero-order valence-corrected chi connectivity index (χ0v) is 28.8. The Labute approximate surface area is 271 Å². The molecule has 10 heteroatoms. The smallest absolute Gasteiger partial charge is 0.240 e. The molecule has 2 atom stereocenters. The molecule has 250 valence electrons. The van der Waals surface area contributed by atoms with Crippen LogP contribution in [0.15, 0.2) is 71.5 Å². The number of nitrogens with one attached hydrogen (secondary N) is 2. The molecule has 2 N–H and O–H groups in total. The summed E-state index contributed by atoms with van der Waals surface area (Å²) in [6.07, 6.45) is 17.5. The molecule has 1 aromatic rings. The van der Waals surface area contributed by atoms with Gasteiger partial charge in [-0.3, -0.25) is 13.9 Å². The van der Waals surface area contributed by atoms with Crippen molar-refractivity contribution in [3.63, 3.8) is 0 Å². The summed E-state index contributed by atoms with van der Waals surface area (Å²) in [5, 5.41) is 2.65. The molecule has 1 saturated carbocycles. The van der Waals surface area contributed by atoms with Crippen molar-refractivity contribution in [2.24, 2.45) is 11.8 Å². The minimum Gasteiger partial charge on any atom is -0.356 e. The molecule has 0 radical (unpaired) electrons. The van der Waals surface area contributed by atoms with Crippen LogP contribution in [0.5, 0.6) is 0 Å². The van der Waals surface area contributed by atoms with Crippen LogP contribution in [-0.2, 0) is 37.3 Å². The molecule has 1 aliphatic heterocycles. The predicted molar refractivity (Wildman–Crippen MR) is 187 cm³/mol. The molecule has 4 rings (SSSR count). The number of hydrogen-bond acceptors (Lipinski definition) is 5. The third-order valence-corrected chi connectivity index (χ3v) is 11.8. The van der Waals surface area contributed by atoms with Crippen LogP contribution in [0.1, 0.15) is 70.4 Å². The van der Waals surface area contributed by atoms with Crippen LogP contribution in [0.3, 0.4) is 0 Å². The highest BCUT2D eigenvalue weighted by atomic mass is 32.2. The summed E-state index contributed by atoms with van der Waals surface area (Å²) in [5.74, 6) is 5.36. The van der Waals surface area contributed by atoms with E-state index in [1.807, 2.05) is 32.9 Å². The second kappa shape index (κ2) is 18.0. The van der Waals surface area contributed by atoms with Gasteiger partial charge in [0.25, 0.3) is 0 Å². The van der Waals surface area contributed by atoms with Gasteiger partial charge in [-0.1, -0.05) is 75.6 Å². The highest BCUT2D eigenvalue weighted by Gasteiger charge is 2.23. The third-order valence-electron chi connectivity index (χ3n) is 8.39. The number of sulfonamides is 1. The zero-order valence-electron chi connectivity index (χ0n) is 27.1. The number of halogens is 1. The molecule has 1 unspecified atom stereocenters. The summed E-state index contributed by atoms with van der Waals surface area (Å²) in [6.45, 7) is 8.39. The number of amides is 1. The van der Waals surface area contributed by atoms with Crippen molar-refractivity contribution < 1.29 is 21.8 Å². The van der Waals surface area contributed by atoms with E-state index in [1.54, 1.807) is 12.2 Å². The van der Waals surface area contributed by atoms with Crippen molar-refractivity contribution in [1.29, 1.82) is 0 Å². The van der Waals surface area contributed by atoms with Gasteiger partial charge >= 0.3 is 0 Å². The first-order chi connectivity index (χ1) is 21.4. The van der Waals surface area contributed by atoms with E-state index in [4.69, 9.17) is 0 Å². The first-order valence-electron chi connectivity index (χ1n) is 16.1. The van der Waals surface area contributed by atoms with Gasteiger partial charge in [0, 0.05) is 49.1 Å². The van der Waals surface area contributed by atoms with Crippen molar-refractivity contribution in [2.45, 2.75) is 84.3 Å². The van der Waals surface area contributed by atoms with Gasteiger partial charge in [-0.25, -0.2) is 17.5 Å². The number of carbonyl (C=O) groups excluding carboxylic acids is 1. The monoisotopic (exact) mass is 661 g/mol. The molecular weight excluding hydrogens is 610 g/mol. The van der Waals surface area contributed by atoms with Gasteiger partial charge in [0.05, 0.1) is 4.91 Å². The SMILES string of the molecule is C=S1(=O)CCN(Cc2cccc(C/C=C\C(=C/C(C)C)S(=O)(=O)NC3CCCCC3)c2)CC1.C[C@@H](NC=O)C1C=CC(F)=CC1. The molecule has 2 aliphatic carbocycles. The first kappa shape index (κ1) is 36.9. The molecule has 7 nitrogen and oxygen atoms in total. The van der Waals surface area contributed by atoms with E-state index >= 15 is 0 Å². The van der Waals surface area contributed by atoms with Crippen molar-refractivity contribution in [1.82, 2.24) is 14.9 Å². The van der Waals surface area contributed by atoms with Crippen molar-refractivity contribution in [3.8, 4) is 0 Å². The maximum absolute atomic E-state index is 13.0. The highest BCUT2D eigenvalue weighted by molar-refractivity contribution is 8.00. The molecule has 1 saturated heterocycles. The number of benzene rings is 1. The Hall–Kier alpha value is -2.53. The zero-order chi connectivity index (χ0) is 32.9. The summed E-state index contributed by atoms with van der Waals surface area (Å²) >= 11 is 0. The average molecular weight is 662 g/mol. The standard InChI is InChI=1S/C26H40N2O3S2.C9H12FNO/c1-22(2)19-26(33(30,31)27-25-12-5-4-6-13-25)14-8-10-23-9-7-11-24(20-23)21-28-15-17-32(3,29)18-16-28;1-7(11-6-12)8-2-4-9(10)5-3-8/h7-9,11,14,19-20,22,25,27H,3-6,10,12-13,15-18,21H2,1-2H3;2,4-8H,3H2,1H3,(H,11,12)/b14-8-,26-19+;/t;7-,8?/m.1/s1. The Balaban J connectivity index is 0.000000385. The quantitative estimate of drug-likeness (QED) is 0.171. The third kappa shape index (κ3) is 13.4. The summed E-state index contributed by atoms with van der Waals surface area (Å²) < 4.78 is 53.6. The number of carbonyl (C=O) groups is 1. The minimum absolute atomic E-state index is 0.0519. The Morgan fingerprint density at radius 3 is 2.44 bits per heavy atom. The van der Waals surface area contributed by atoms with Crippen molar-refractivity contribution in [3.05, 3.63) is 82.6 Å². The fourth-order valence-electron chi connectivity index (χ4n) is 5.67. The Morgan fingerprint density at radius 1 is 1.13 bits per heavy atom. The summed E-state index contributed by atoms with van der Waals surface area (Å²) in [6, 6.07) is 8.55. The summed E-state index contributed by atoms with van der Waals surface area (Å²) in [5.41, 5.74) is 2.38. The van der Waals surface area contributed by atoms with E-state index in [2.05, 4.69) is 45.1 Å². The van der Waals surface area contributed by atoms with E-state index < -0.39 is 19.5 Å². The molecule has 1 amide bonds. The largest absolute Gasteiger partial charge is 0.356 e. The predicted octanol–water partition coefficient (Wildman–Crippen LogP) is 5.66. The van der Waals surface area contributed by atoms with E-state index in [9.17, 15) is 21.8 Å². The number of allylic oxidation sites excluding steroid dienone is 6. The van der Waals surface area contributed by atoms with E-state index in [-0.39, 0.29) is 29.7 Å². The van der Waals surface area contributed by atoms with Crippen LogP contribution in [0.25, 0.3) is 0 Å². The lowest BCUT2D eigenvalue weighted by atomic mass is 9.94. The molecule has 0 bridgehead atoms. The van der Waals surface area contributed by atoms with Gasteiger partial charge in [0.1, 0.15) is 5.83 Å². The highest BCUT2D eigenvalue weighted by Crippen LogP contribution is 2.22. The Morgan fingerprint density at radius 2 is 1.82 bits per heavy atom. The second-order valence-corrected chi connectivity index (χ2v) is 17.2. The van der Waals surface area contributed by atoms with E-state index in [0.717, 1.165) is 50.9 Å². The second-order valence-electron chi connectivity index (χ2n) is 12.8. The maximum atomic E-state index is 13.0. The normalized spacial score (nSPS) is 22.0. The van der Waals surface area contributed by atoms with Gasteiger partial charge < -0.3 is 5.32 Å². The fourth-order valence-corrected chi connectivity index (χ4v) is 8.59. The Kier molecular flexibility index (Phi) is 14.8. The van der Waals surface area contributed by atoms with Crippen molar-refractivity contribution >= 4 is 31.8 Å². The van der Waals surface area contributed by atoms with Gasteiger partial charge in [-0.15, -0.1) is 0 Å². The number of nitrogens with zero attached hydrogens (tertiary/aromatic N) is 1. The van der Waals surface area contributed by atoms with Crippen LogP contribution in [0, 0.1) is 11.8 Å². The molecule has 0 aromatic heterocycles. The lowest BCUT2D eigenvalue weighted by molar-refractivity contribution is -0.110. The number of rotatable bonds is 12. The summed E-state index contributed by atoms with van der Waals surface area (Å²) in [7, 11) is -5.40. The maximum Gasteiger partial charge on any atom is 0.240 e. The average Bonchev–Trinajstić information content (AvgIpc) is 2.99. The van der Waals surface area contributed by atoms with Gasteiger partial charge in [0.15, 0.2) is 0 Å². The summed E-state index contributed by atoms with van der Waals surface area (Å²) in [4.78, 5) is 12.8. The molecule has 3 aliphatic rings. The fraction of sp³-hybridized carbons (Fsp3) is 0.543. The minimum atomic E-state index is -3.52. The molecule has 0 spiro atoms. The lowest BCUT2D eigenvalue weighted by Gasteiger charge is -2.28. The van der Waals surface area contributed by atoms with E-state index in [1.165, 1.54) is 24.1 Å². The molecule has 1 heterocycles. The van der Waals surface area contributed by atoms with Crippen LogP contribution in [-0.4, -0.2) is 66.5 Å². The van der Waals surface area contributed by atoms with Gasteiger partial charge in [0.2, 0.25) is 16.4 Å². The van der Waals surface area contributed by atoms with Crippen LogP contribution in [0.2, 0.25) is 0 Å². The van der Waals surface area contributed by atoms with Crippen LogP contribution in [0.4, 0.5) is 4.39 Å². The van der Waals surface area contributed by atoms with Gasteiger partial charge in [-0.2, -0.15) is 0 Å². The van der Waals surface area contributed by atoms with Crippen molar-refractivity contribution in [2.75, 3.05) is 24.6 Å². The topological polar surface area (TPSA) is 95.6 Å². The van der Waals surface area contributed by atoms with Crippen LogP contribution < -0.4 is 10.0 Å². The van der Waals surface area contributed by atoms with Gasteiger partial charge in [-0.05, 0) is 83.3 Å². The van der Waals surface area contributed by atoms with Crippen LogP contribution >= 0.6 is 0 Å². The Bertz CT molecular complexity index is 1430.